The molecule has 24 heavy (non-hydrogen) atoms. The second-order valence-corrected chi connectivity index (χ2v) is 6.36. The molecule has 0 aliphatic heterocycles. The van der Waals surface area contributed by atoms with Crippen molar-refractivity contribution in [2.75, 3.05) is 0 Å². The lowest BCUT2D eigenvalue weighted by atomic mass is 10.1. The summed E-state index contributed by atoms with van der Waals surface area (Å²) < 4.78 is 5.73. The van der Waals surface area contributed by atoms with E-state index >= 15 is 0 Å². The zero-order chi connectivity index (χ0) is 16.9. The van der Waals surface area contributed by atoms with Crippen molar-refractivity contribution in [1.29, 1.82) is 0 Å². The Balaban J connectivity index is 1.61. The molecule has 0 aliphatic rings. The third kappa shape index (κ3) is 3.83. The normalized spacial score (nSPS) is 10.7. The van der Waals surface area contributed by atoms with E-state index in [1.807, 2.05) is 49.4 Å². The number of hydrogen-bond acceptors (Lipinski definition) is 5. The highest BCUT2D eigenvalue weighted by Gasteiger charge is 2.10. The number of nitrogens with two attached hydrogens (primary N) is 1. The van der Waals surface area contributed by atoms with Crippen molar-refractivity contribution in [1.82, 2.24) is 10.2 Å². The average molecular weight is 339 g/mol. The average Bonchev–Trinajstić information content (AvgIpc) is 3.04. The Kier molecular flexibility index (Phi) is 4.96. The molecule has 1 heterocycles. The molecule has 1 amide bonds. The largest absolute Gasteiger partial charge is 0.420 e. The fourth-order valence-corrected chi connectivity index (χ4v) is 3.11. The number of rotatable bonds is 6. The minimum absolute atomic E-state index is 0.415. The van der Waals surface area contributed by atoms with Gasteiger partial charge in [-0.15, -0.1) is 22.0 Å². The first kappa shape index (κ1) is 16.3. The summed E-state index contributed by atoms with van der Waals surface area (Å²) in [5, 5.41) is 8.22. The Morgan fingerprint density at radius 2 is 1.96 bits per heavy atom. The Labute approximate surface area is 144 Å². The van der Waals surface area contributed by atoms with E-state index in [1.165, 1.54) is 0 Å². The zero-order valence-electron chi connectivity index (χ0n) is 13.2. The smallest absolute Gasteiger partial charge is 0.248 e. The van der Waals surface area contributed by atoms with Crippen LogP contribution in [0.25, 0.3) is 11.5 Å². The van der Waals surface area contributed by atoms with Crippen molar-refractivity contribution in [3.63, 3.8) is 0 Å². The first-order chi connectivity index (χ1) is 11.6. The van der Waals surface area contributed by atoms with Gasteiger partial charge in [0.2, 0.25) is 17.7 Å². The second kappa shape index (κ2) is 7.31. The summed E-state index contributed by atoms with van der Waals surface area (Å²) in [6.07, 6.45) is 0. The monoisotopic (exact) mass is 339 g/mol. The van der Waals surface area contributed by atoms with Crippen LogP contribution in [-0.4, -0.2) is 16.1 Å². The van der Waals surface area contributed by atoms with Crippen molar-refractivity contribution < 1.29 is 9.21 Å². The van der Waals surface area contributed by atoms with E-state index in [2.05, 4.69) is 10.2 Å². The number of carbonyl (C=O) groups excluding carboxylic acids is 1. The molecule has 0 saturated heterocycles. The molecule has 0 saturated carbocycles. The summed E-state index contributed by atoms with van der Waals surface area (Å²) in [5.74, 6) is 2.06. The maximum atomic E-state index is 11.2. The number of benzene rings is 2. The molecule has 0 unspecified atom stereocenters. The standard InChI is InChI=1S/C18H17N3O2S/c1-12-5-2-3-8-15(12)18-21-20-16(23-18)11-24-10-13-6-4-7-14(9-13)17(19)22/h2-9H,10-11H2,1H3,(H2,19,22). The summed E-state index contributed by atoms with van der Waals surface area (Å²) >= 11 is 1.64. The topological polar surface area (TPSA) is 82.0 Å². The summed E-state index contributed by atoms with van der Waals surface area (Å²) in [6.45, 7) is 2.01. The number of amides is 1. The molecule has 0 spiro atoms. The van der Waals surface area contributed by atoms with Crippen LogP contribution in [0.5, 0.6) is 0 Å². The Bertz CT molecular complexity index is 861. The van der Waals surface area contributed by atoms with Gasteiger partial charge < -0.3 is 10.2 Å². The third-order valence-corrected chi connectivity index (χ3v) is 4.54. The predicted molar refractivity (Wildman–Crippen MR) is 94.4 cm³/mol. The van der Waals surface area contributed by atoms with E-state index in [9.17, 15) is 4.79 Å². The maximum absolute atomic E-state index is 11.2. The molecule has 2 N–H and O–H groups in total. The minimum Gasteiger partial charge on any atom is -0.420 e. The van der Waals surface area contributed by atoms with E-state index in [0.29, 0.717) is 23.1 Å². The number of nitrogens with zero attached hydrogens (tertiary/aromatic N) is 2. The van der Waals surface area contributed by atoms with Gasteiger partial charge in [0.05, 0.1) is 5.75 Å². The molecule has 0 fully saturated rings. The second-order valence-electron chi connectivity index (χ2n) is 5.37. The number of thioether (sulfide) groups is 1. The van der Waals surface area contributed by atoms with Crippen molar-refractivity contribution >= 4 is 17.7 Å². The molecule has 0 radical (unpaired) electrons. The molecular formula is C18H17N3O2S. The van der Waals surface area contributed by atoms with Crippen molar-refractivity contribution in [2.24, 2.45) is 5.73 Å². The molecular weight excluding hydrogens is 322 g/mol. The van der Waals surface area contributed by atoms with E-state index < -0.39 is 5.91 Å². The van der Waals surface area contributed by atoms with Crippen LogP contribution in [0.1, 0.15) is 27.4 Å². The quantitative estimate of drug-likeness (QED) is 0.742. The molecule has 122 valence electrons. The van der Waals surface area contributed by atoms with Crippen LogP contribution in [0.15, 0.2) is 52.9 Å². The Morgan fingerprint density at radius 3 is 2.75 bits per heavy atom. The lowest BCUT2D eigenvalue weighted by Crippen LogP contribution is -2.10. The van der Waals surface area contributed by atoms with Crippen LogP contribution >= 0.6 is 11.8 Å². The fourth-order valence-electron chi connectivity index (χ4n) is 2.30. The highest BCUT2D eigenvalue weighted by Crippen LogP contribution is 2.24. The van der Waals surface area contributed by atoms with Gasteiger partial charge in [0, 0.05) is 16.9 Å². The number of primary amides is 1. The number of hydrogen-bond donors (Lipinski definition) is 1. The molecule has 3 rings (SSSR count). The van der Waals surface area contributed by atoms with Crippen LogP contribution < -0.4 is 5.73 Å². The summed E-state index contributed by atoms with van der Waals surface area (Å²) in [7, 11) is 0. The lowest BCUT2D eigenvalue weighted by molar-refractivity contribution is 0.1000. The zero-order valence-corrected chi connectivity index (χ0v) is 14.0. The summed E-state index contributed by atoms with van der Waals surface area (Å²) in [4.78, 5) is 11.2. The summed E-state index contributed by atoms with van der Waals surface area (Å²) in [6, 6.07) is 15.2. The van der Waals surface area contributed by atoms with Gasteiger partial charge in [-0.1, -0.05) is 30.3 Å². The Hall–Kier alpha value is -2.60. The Morgan fingerprint density at radius 1 is 1.12 bits per heavy atom. The molecule has 5 nitrogen and oxygen atoms in total. The van der Waals surface area contributed by atoms with Crippen LogP contribution in [-0.2, 0) is 11.5 Å². The predicted octanol–water partition coefficient (Wildman–Crippen LogP) is 3.58. The fraction of sp³-hybridized carbons (Fsp3) is 0.167. The van der Waals surface area contributed by atoms with Crippen molar-refractivity contribution in [2.45, 2.75) is 18.4 Å². The van der Waals surface area contributed by atoms with Gasteiger partial charge in [-0.3, -0.25) is 4.79 Å². The first-order valence-electron chi connectivity index (χ1n) is 7.48. The summed E-state index contributed by atoms with van der Waals surface area (Å²) in [5.41, 5.74) is 8.91. The van der Waals surface area contributed by atoms with Gasteiger partial charge >= 0.3 is 0 Å². The van der Waals surface area contributed by atoms with E-state index in [0.717, 1.165) is 22.4 Å². The highest BCUT2D eigenvalue weighted by atomic mass is 32.2. The molecule has 2 aromatic carbocycles. The molecule has 3 aromatic rings. The van der Waals surface area contributed by atoms with Gasteiger partial charge in [-0.25, -0.2) is 0 Å². The van der Waals surface area contributed by atoms with Crippen LogP contribution in [0.2, 0.25) is 0 Å². The van der Waals surface area contributed by atoms with Crippen LogP contribution in [0.3, 0.4) is 0 Å². The maximum Gasteiger partial charge on any atom is 0.248 e. The van der Waals surface area contributed by atoms with E-state index in [-0.39, 0.29) is 0 Å². The van der Waals surface area contributed by atoms with Crippen LogP contribution in [0.4, 0.5) is 0 Å². The van der Waals surface area contributed by atoms with Gasteiger partial charge in [-0.05, 0) is 36.2 Å². The van der Waals surface area contributed by atoms with Crippen LogP contribution in [0, 0.1) is 6.92 Å². The molecule has 6 heteroatoms. The molecule has 0 aliphatic carbocycles. The number of aryl methyl sites for hydroxylation is 1. The van der Waals surface area contributed by atoms with Crippen molar-refractivity contribution in [3.05, 3.63) is 71.1 Å². The molecule has 0 bridgehead atoms. The number of aromatic nitrogens is 2. The number of carbonyl (C=O) groups is 1. The first-order valence-corrected chi connectivity index (χ1v) is 8.64. The molecule has 0 atom stereocenters. The van der Waals surface area contributed by atoms with Gasteiger partial charge in [0.25, 0.3) is 0 Å². The lowest BCUT2D eigenvalue weighted by Gasteiger charge is -2.02. The minimum atomic E-state index is -0.415. The van der Waals surface area contributed by atoms with Gasteiger partial charge in [0.1, 0.15) is 0 Å². The van der Waals surface area contributed by atoms with Gasteiger partial charge in [-0.2, -0.15) is 0 Å². The highest BCUT2D eigenvalue weighted by molar-refractivity contribution is 7.97. The molecule has 1 aromatic heterocycles. The third-order valence-electron chi connectivity index (χ3n) is 3.55. The van der Waals surface area contributed by atoms with Gasteiger partial charge in [0.15, 0.2) is 0 Å². The van der Waals surface area contributed by atoms with E-state index in [4.69, 9.17) is 10.2 Å². The SMILES string of the molecule is Cc1ccccc1-c1nnc(CSCc2cccc(C(N)=O)c2)o1. The van der Waals surface area contributed by atoms with E-state index in [1.54, 1.807) is 17.8 Å². The van der Waals surface area contributed by atoms with Crippen molar-refractivity contribution in [3.8, 4) is 11.5 Å².